The first-order chi connectivity index (χ1) is 10.0. The third-order valence-corrected chi connectivity index (χ3v) is 3.95. The molecule has 2 aromatic rings. The molecule has 7 heteroatoms. The van der Waals surface area contributed by atoms with Crippen molar-refractivity contribution in [3.05, 3.63) is 33.5 Å². The highest BCUT2D eigenvalue weighted by Gasteiger charge is 2.16. The second kappa shape index (κ2) is 6.97. The van der Waals surface area contributed by atoms with E-state index in [4.69, 9.17) is 5.73 Å². The van der Waals surface area contributed by atoms with Crippen LogP contribution in [0.2, 0.25) is 0 Å². The zero-order chi connectivity index (χ0) is 15.4. The monoisotopic (exact) mass is 405 g/mol. The van der Waals surface area contributed by atoms with Crippen molar-refractivity contribution in [1.82, 2.24) is 9.97 Å². The molecule has 2 N–H and O–H groups in total. The van der Waals surface area contributed by atoms with E-state index in [9.17, 15) is 8.78 Å². The molecule has 21 heavy (non-hydrogen) atoms. The van der Waals surface area contributed by atoms with Crippen LogP contribution in [0.5, 0.6) is 5.75 Å². The van der Waals surface area contributed by atoms with Crippen LogP contribution in [0.15, 0.2) is 24.3 Å². The van der Waals surface area contributed by atoms with Crippen molar-refractivity contribution in [2.45, 2.75) is 26.4 Å². The standard InChI is InChI=1S/C14H14F2IN3O/c1-2-5-9-11(17)12(18)20-13(19-9)8-6-3-4-7-10(8)21-14(15)16/h3-4,6-7,14H,2,5H2,1H3,(H2,18,19,20). The van der Waals surface area contributed by atoms with Crippen molar-refractivity contribution in [2.24, 2.45) is 0 Å². The molecule has 0 saturated carbocycles. The summed E-state index contributed by atoms with van der Waals surface area (Å²) in [6.45, 7) is -0.871. The summed E-state index contributed by atoms with van der Waals surface area (Å²) in [6.07, 6.45) is 1.65. The van der Waals surface area contributed by atoms with Crippen LogP contribution in [0, 0.1) is 3.57 Å². The Balaban J connectivity index is 2.51. The molecule has 0 aliphatic carbocycles. The lowest BCUT2D eigenvalue weighted by atomic mass is 10.1. The molecule has 0 spiro atoms. The summed E-state index contributed by atoms with van der Waals surface area (Å²) in [7, 11) is 0. The maximum absolute atomic E-state index is 12.5. The number of nitrogen functional groups attached to an aromatic ring is 1. The fourth-order valence-electron chi connectivity index (χ4n) is 1.89. The van der Waals surface area contributed by atoms with Crippen LogP contribution in [-0.2, 0) is 6.42 Å². The Kier molecular flexibility index (Phi) is 5.27. The van der Waals surface area contributed by atoms with Crippen molar-refractivity contribution in [2.75, 3.05) is 5.73 Å². The van der Waals surface area contributed by atoms with Gasteiger partial charge < -0.3 is 10.5 Å². The third kappa shape index (κ3) is 3.78. The average Bonchev–Trinajstić information content (AvgIpc) is 2.44. The zero-order valence-electron chi connectivity index (χ0n) is 11.3. The molecule has 0 atom stereocenters. The number of nitrogens with two attached hydrogens (primary N) is 1. The lowest BCUT2D eigenvalue weighted by molar-refractivity contribution is -0.0494. The van der Waals surface area contributed by atoms with E-state index in [1.807, 2.05) is 6.92 Å². The number of ether oxygens (including phenoxy) is 1. The van der Waals surface area contributed by atoms with E-state index in [0.717, 1.165) is 22.1 Å². The van der Waals surface area contributed by atoms with Gasteiger partial charge in [0.05, 0.1) is 14.8 Å². The fourth-order valence-corrected chi connectivity index (χ4v) is 2.40. The molecule has 0 aliphatic heterocycles. The van der Waals surface area contributed by atoms with E-state index in [-0.39, 0.29) is 5.75 Å². The highest BCUT2D eigenvalue weighted by Crippen LogP contribution is 2.30. The maximum Gasteiger partial charge on any atom is 0.387 e. The van der Waals surface area contributed by atoms with E-state index in [2.05, 4.69) is 37.3 Å². The van der Waals surface area contributed by atoms with Crippen LogP contribution in [0.25, 0.3) is 11.4 Å². The largest absolute Gasteiger partial charge is 0.434 e. The summed E-state index contributed by atoms with van der Waals surface area (Å²) in [5.74, 6) is 0.680. The highest BCUT2D eigenvalue weighted by atomic mass is 127. The Labute approximate surface area is 134 Å². The van der Waals surface area contributed by atoms with Crippen molar-refractivity contribution in [3.8, 4) is 17.1 Å². The Morgan fingerprint density at radius 1 is 1.29 bits per heavy atom. The normalized spacial score (nSPS) is 10.9. The van der Waals surface area contributed by atoms with E-state index in [1.165, 1.54) is 6.07 Å². The Bertz CT molecular complexity index is 638. The lowest BCUT2D eigenvalue weighted by Gasteiger charge is -2.12. The van der Waals surface area contributed by atoms with E-state index >= 15 is 0 Å². The van der Waals surface area contributed by atoms with Crippen molar-refractivity contribution in [1.29, 1.82) is 0 Å². The van der Waals surface area contributed by atoms with Crippen LogP contribution in [0.3, 0.4) is 0 Å². The smallest absolute Gasteiger partial charge is 0.387 e. The molecule has 0 radical (unpaired) electrons. The zero-order valence-corrected chi connectivity index (χ0v) is 13.5. The minimum Gasteiger partial charge on any atom is -0.434 e. The number of benzene rings is 1. The maximum atomic E-state index is 12.5. The number of nitrogens with zero attached hydrogens (tertiary/aromatic N) is 2. The molecule has 2 rings (SSSR count). The first-order valence-corrected chi connectivity index (χ1v) is 7.47. The van der Waals surface area contributed by atoms with Crippen molar-refractivity contribution < 1.29 is 13.5 Å². The first kappa shape index (κ1) is 15.9. The van der Waals surface area contributed by atoms with E-state index in [0.29, 0.717) is 17.2 Å². The van der Waals surface area contributed by atoms with Gasteiger partial charge in [0.15, 0.2) is 5.82 Å². The molecule has 112 valence electrons. The van der Waals surface area contributed by atoms with Gasteiger partial charge in [-0.15, -0.1) is 0 Å². The van der Waals surface area contributed by atoms with Gasteiger partial charge in [0.2, 0.25) is 0 Å². The topological polar surface area (TPSA) is 61.0 Å². The van der Waals surface area contributed by atoms with E-state index < -0.39 is 6.61 Å². The van der Waals surface area contributed by atoms with Gasteiger partial charge in [-0.2, -0.15) is 8.78 Å². The number of para-hydroxylation sites is 1. The fraction of sp³-hybridized carbons (Fsp3) is 0.286. The molecule has 1 heterocycles. The van der Waals surface area contributed by atoms with Crippen LogP contribution < -0.4 is 10.5 Å². The van der Waals surface area contributed by atoms with Gasteiger partial charge in [-0.3, -0.25) is 0 Å². The van der Waals surface area contributed by atoms with Gasteiger partial charge in [0.25, 0.3) is 0 Å². The summed E-state index contributed by atoms with van der Waals surface area (Å²) < 4.78 is 30.3. The number of halogens is 3. The van der Waals surface area contributed by atoms with Gasteiger partial charge >= 0.3 is 6.61 Å². The third-order valence-electron chi connectivity index (χ3n) is 2.78. The molecule has 1 aromatic heterocycles. The predicted octanol–water partition coefficient (Wildman–Crippen LogP) is 3.88. The molecular weight excluding hydrogens is 391 g/mol. The van der Waals surface area contributed by atoms with Crippen LogP contribution >= 0.6 is 22.6 Å². The molecule has 0 fully saturated rings. The summed E-state index contributed by atoms with van der Waals surface area (Å²) in [4.78, 5) is 8.63. The van der Waals surface area contributed by atoms with Gasteiger partial charge in [-0.1, -0.05) is 25.5 Å². The summed E-state index contributed by atoms with van der Waals surface area (Å²) in [5, 5.41) is 0. The first-order valence-electron chi connectivity index (χ1n) is 6.39. The number of anilines is 1. The van der Waals surface area contributed by atoms with Gasteiger partial charge in [0.1, 0.15) is 11.6 Å². The van der Waals surface area contributed by atoms with Crippen LogP contribution in [0.4, 0.5) is 14.6 Å². The van der Waals surface area contributed by atoms with E-state index in [1.54, 1.807) is 18.2 Å². The number of hydrogen-bond acceptors (Lipinski definition) is 4. The van der Waals surface area contributed by atoms with Crippen LogP contribution in [0.1, 0.15) is 19.0 Å². The quantitative estimate of drug-likeness (QED) is 0.768. The molecule has 4 nitrogen and oxygen atoms in total. The predicted molar refractivity (Wildman–Crippen MR) is 85.2 cm³/mol. The summed E-state index contributed by atoms with van der Waals surface area (Å²) in [6, 6.07) is 6.42. The molecule has 0 amide bonds. The SMILES string of the molecule is CCCc1nc(-c2ccccc2OC(F)F)nc(N)c1I. The van der Waals surface area contributed by atoms with Gasteiger partial charge in [-0.25, -0.2) is 9.97 Å². The second-order valence-electron chi connectivity index (χ2n) is 4.32. The van der Waals surface area contributed by atoms with Gasteiger partial charge in [-0.05, 0) is 41.1 Å². The molecule has 0 aliphatic rings. The van der Waals surface area contributed by atoms with Crippen molar-refractivity contribution in [3.63, 3.8) is 0 Å². The molecule has 0 unspecified atom stereocenters. The van der Waals surface area contributed by atoms with Crippen molar-refractivity contribution >= 4 is 28.4 Å². The molecule has 0 saturated heterocycles. The van der Waals surface area contributed by atoms with Crippen LogP contribution in [-0.4, -0.2) is 16.6 Å². The summed E-state index contributed by atoms with van der Waals surface area (Å²) >= 11 is 2.09. The number of alkyl halides is 2. The lowest BCUT2D eigenvalue weighted by Crippen LogP contribution is -2.07. The summed E-state index contributed by atoms with van der Waals surface area (Å²) in [5.41, 5.74) is 7.11. The molecule has 0 bridgehead atoms. The molecular formula is C14H14F2IN3O. The number of aromatic nitrogens is 2. The second-order valence-corrected chi connectivity index (χ2v) is 5.40. The molecule has 1 aromatic carbocycles. The minimum absolute atomic E-state index is 0.0376. The number of aryl methyl sites for hydroxylation is 1. The highest BCUT2D eigenvalue weighted by molar-refractivity contribution is 14.1. The Hall–Kier alpha value is -1.51. The number of rotatable bonds is 5. The number of hydrogen-bond donors (Lipinski definition) is 1. The van der Waals surface area contributed by atoms with Gasteiger partial charge in [0, 0.05) is 0 Å². The Morgan fingerprint density at radius 3 is 2.67 bits per heavy atom. The minimum atomic E-state index is -2.90. The Morgan fingerprint density at radius 2 is 2.00 bits per heavy atom. The average molecular weight is 405 g/mol.